The van der Waals surface area contributed by atoms with Crippen LogP contribution in [0.25, 0.3) is 22.2 Å². The molecule has 3 aromatic rings. The van der Waals surface area contributed by atoms with Gasteiger partial charge in [0.15, 0.2) is 0 Å². The van der Waals surface area contributed by atoms with Crippen molar-refractivity contribution >= 4 is 28.7 Å². The highest BCUT2D eigenvalue weighted by molar-refractivity contribution is 6.35. The molecule has 1 aromatic carbocycles. The smallest absolute Gasteiger partial charge is 0.320 e. The van der Waals surface area contributed by atoms with Crippen LogP contribution in [0.2, 0.25) is 5.02 Å². The van der Waals surface area contributed by atoms with Gasteiger partial charge in [0.25, 0.3) is 0 Å². The number of urea groups is 1. The van der Waals surface area contributed by atoms with Crippen molar-refractivity contribution in [1.29, 1.82) is 0 Å². The predicted molar refractivity (Wildman–Crippen MR) is 134 cm³/mol. The van der Waals surface area contributed by atoms with E-state index in [-0.39, 0.29) is 18.2 Å². The first-order valence-electron chi connectivity index (χ1n) is 12.4. The second-order valence-electron chi connectivity index (χ2n) is 9.71. The third-order valence-electron chi connectivity index (χ3n) is 7.49. The van der Waals surface area contributed by atoms with Gasteiger partial charge in [0.05, 0.1) is 30.4 Å². The first kappa shape index (κ1) is 22.8. The van der Waals surface area contributed by atoms with Gasteiger partial charge in [0, 0.05) is 56.1 Å². The lowest BCUT2D eigenvalue weighted by Gasteiger charge is -2.38. The predicted octanol–water partition coefficient (Wildman–Crippen LogP) is 3.48. The number of morpholine rings is 1. The summed E-state index contributed by atoms with van der Waals surface area (Å²) in [5.74, 6) is 0. The van der Waals surface area contributed by atoms with Gasteiger partial charge in [0.1, 0.15) is 5.65 Å². The number of benzene rings is 1. The number of amides is 2. The molecular weight excluding hydrogens is 466 g/mol. The number of pyridine rings is 1. The summed E-state index contributed by atoms with van der Waals surface area (Å²) in [5.41, 5.74) is 6.56. The summed E-state index contributed by atoms with van der Waals surface area (Å²) in [7, 11) is 0. The summed E-state index contributed by atoms with van der Waals surface area (Å²) in [6, 6.07) is 6.69. The molecule has 0 saturated carbocycles. The first-order chi connectivity index (χ1) is 17.1. The standard InChI is InChI=1S/C26H30ClN5O3/c27-23-13-30-25-21(23)11-18(12-29-25)17-9-16-1-5-32(26(34)31-6-2-19(33)3-7-31)14-22(16)20(10-17)24-15-35-8-4-28-24/h9-13,19,24,28,33H,1-8,14-15H2,(H,29,30)/t24-/m0/s1. The molecule has 2 saturated heterocycles. The number of carbonyl (C=O) groups excluding carboxylic acids is 1. The zero-order valence-electron chi connectivity index (χ0n) is 19.6. The Labute approximate surface area is 209 Å². The number of hydrogen-bond acceptors (Lipinski definition) is 5. The van der Waals surface area contributed by atoms with Crippen LogP contribution >= 0.6 is 11.6 Å². The molecular formula is C26H30ClN5O3. The molecule has 1 atom stereocenters. The van der Waals surface area contributed by atoms with Gasteiger partial charge < -0.3 is 29.9 Å². The monoisotopic (exact) mass is 495 g/mol. The van der Waals surface area contributed by atoms with Crippen LogP contribution in [0.1, 0.15) is 35.6 Å². The van der Waals surface area contributed by atoms with E-state index in [0.29, 0.717) is 57.3 Å². The molecule has 184 valence electrons. The quantitative estimate of drug-likeness (QED) is 0.506. The number of aromatic amines is 1. The van der Waals surface area contributed by atoms with Gasteiger partial charge in [-0.15, -0.1) is 0 Å². The molecule has 2 aromatic heterocycles. The number of nitrogens with zero attached hydrogens (tertiary/aromatic N) is 3. The molecule has 8 nitrogen and oxygen atoms in total. The molecule has 3 aliphatic heterocycles. The fourth-order valence-corrected chi connectivity index (χ4v) is 5.69. The second kappa shape index (κ2) is 9.43. The van der Waals surface area contributed by atoms with Crippen LogP contribution < -0.4 is 5.32 Å². The summed E-state index contributed by atoms with van der Waals surface area (Å²) >= 11 is 6.37. The Morgan fingerprint density at radius 2 is 2.00 bits per heavy atom. The average Bonchev–Trinajstić information content (AvgIpc) is 3.28. The van der Waals surface area contributed by atoms with Crippen LogP contribution in [-0.4, -0.2) is 76.4 Å². The number of hydrogen-bond donors (Lipinski definition) is 3. The Morgan fingerprint density at radius 1 is 1.14 bits per heavy atom. The number of piperidine rings is 1. The van der Waals surface area contributed by atoms with E-state index in [9.17, 15) is 9.90 Å². The molecule has 0 aliphatic carbocycles. The third-order valence-corrected chi connectivity index (χ3v) is 7.81. The van der Waals surface area contributed by atoms with Crippen LogP contribution in [-0.2, 0) is 17.7 Å². The van der Waals surface area contributed by atoms with Crippen LogP contribution in [0.5, 0.6) is 0 Å². The minimum absolute atomic E-state index is 0.0715. The first-order valence-corrected chi connectivity index (χ1v) is 12.8. The van der Waals surface area contributed by atoms with Crippen molar-refractivity contribution < 1.29 is 14.6 Å². The lowest BCUT2D eigenvalue weighted by Crippen LogP contribution is -2.49. The highest BCUT2D eigenvalue weighted by Gasteiger charge is 2.31. The molecule has 35 heavy (non-hydrogen) atoms. The molecule has 2 amide bonds. The molecule has 3 N–H and O–H groups in total. The zero-order valence-corrected chi connectivity index (χ0v) is 20.4. The maximum Gasteiger partial charge on any atom is 0.320 e. The van der Waals surface area contributed by atoms with Crippen LogP contribution in [0.4, 0.5) is 4.79 Å². The van der Waals surface area contributed by atoms with Gasteiger partial charge in [-0.25, -0.2) is 9.78 Å². The molecule has 0 unspecified atom stereocenters. The Morgan fingerprint density at radius 3 is 2.80 bits per heavy atom. The van der Waals surface area contributed by atoms with E-state index in [4.69, 9.17) is 16.3 Å². The van der Waals surface area contributed by atoms with Crippen LogP contribution in [0.15, 0.2) is 30.6 Å². The number of likely N-dealkylation sites (tertiary alicyclic amines) is 1. The van der Waals surface area contributed by atoms with Crippen molar-refractivity contribution in [2.24, 2.45) is 0 Å². The van der Waals surface area contributed by atoms with Crippen molar-refractivity contribution in [1.82, 2.24) is 25.1 Å². The number of ether oxygens (including phenoxy) is 1. The van der Waals surface area contributed by atoms with E-state index in [1.807, 2.05) is 16.0 Å². The van der Waals surface area contributed by atoms with Gasteiger partial charge in [-0.1, -0.05) is 17.7 Å². The maximum absolute atomic E-state index is 13.3. The Kier molecular flexibility index (Phi) is 6.14. The SMILES string of the molecule is O=C(N1CCC(O)CC1)N1CCc2cc(-c3cnc4[nH]cc(Cl)c4c3)cc([C@@H]3COCCN3)c2C1. The normalized spacial score (nSPS) is 21.4. The van der Waals surface area contributed by atoms with Crippen molar-refractivity contribution in [3.63, 3.8) is 0 Å². The van der Waals surface area contributed by atoms with Crippen LogP contribution in [0, 0.1) is 0 Å². The molecule has 0 bridgehead atoms. The lowest BCUT2D eigenvalue weighted by atomic mass is 9.87. The number of aliphatic hydroxyl groups excluding tert-OH is 1. The van der Waals surface area contributed by atoms with E-state index in [1.165, 1.54) is 16.7 Å². The molecule has 9 heteroatoms. The Bertz CT molecular complexity index is 1250. The molecule has 5 heterocycles. The summed E-state index contributed by atoms with van der Waals surface area (Å²) in [4.78, 5) is 24.8. The lowest BCUT2D eigenvalue weighted by molar-refractivity contribution is 0.0749. The third kappa shape index (κ3) is 4.40. The van der Waals surface area contributed by atoms with E-state index in [1.54, 1.807) is 6.20 Å². The number of halogens is 1. The highest BCUT2D eigenvalue weighted by Crippen LogP contribution is 2.35. The van der Waals surface area contributed by atoms with E-state index in [2.05, 4.69) is 33.5 Å². The van der Waals surface area contributed by atoms with Gasteiger partial charge in [0.2, 0.25) is 0 Å². The fraction of sp³-hybridized carbons (Fsp3) is 0.462. The summed E-state index contributed by atoms with van der Waals surface area (Å²) < 4.78 is 5.81. The number of aliphatic hydroxyl groups is 1. The van der Waals surface area contributed by atoms with Crippen molar-refractivity contribution in [2.75, 3.05) is 39.4 Å². The van der Waals surface area contributed by atoms with Gasteiger partial charge >= 0.3 is 6.03 Å². The van der Waals surface area contributed by atoms with Crippen molar-refractivity contribution in [3.05, 3.63) is 52.3 Å². The largest absolute Gasteiger partial charge is 0.393 e. The number of nitrogens with one attached hydrogen (secondary N) is 2. The van der Waals surface area contributed by atoms with Crippen molar-refractivity contribution in [3.8, 4) is 11.1 Å². The van der Waals surface area contributed by atoms with Crippen LogP contribution in [0.3, 0.4) is 0 Å². The van der Waals surface area contributed by atoms with E-state index in [0.717, 1.165) is 35.1 Å². The van der Waals surface area contributed by atoms with E-state index < -0.39 is 0 Å². The summed E-state index contributed by atoms with van der Waals surface area (Å²) in [6.45, 7) is 4.61. The summed E-state index contributed by atoms with van der Waals surface area (Å²) in [5, 5.41) is 15.0. The number of rotatable bonds is 2. The number of carbonyl (C=O) groups is 1. The molecule has 6 rings (SSSR count). The molecule has 2 fully saturated rings. The molecule has 0 radical (unpaired) electrons. The Hall–Kier alpha value is -2.65. The number of aromatic nitrogens is 2. The maximum atomic E-state index is 13.3. The zero-order chi connectivity index (χ0) is 23.9. The van der Waals surface area contributed by atoms with Crippen molar-refractivity contribution in [2.45, 2.75) is 38.0 Å². The minimum Gasteiger partial charge on any atom is -0.393 e. The van der Waals surface area contributed by atoms with E-state index >= 15 is 0 Å². The molecule has 3 aliphatic rings. The van der Waals surface area contributed by atoms with Gasteiger partial charge in [-0.2, -0.15) is 0 Å². The summed E-state index contributed by atoms with van der Waals surface area (Å²) in [6.07, 6.45) is 5.45. The average molecular weight is 496 g/mol. The van der Waals surface area contributed by atoms with Gasteiger partial charge in [-0.05, 0) is 53.6 Å². The second-order valence-corrected chi connectivity index (χ2v) is 10.1. The topological polar surface area (TPSA) is 93.7 Å². The fourth-order valence-electron chi connectivity index (χ4n) is 5.49. The Balaban J connectivity index is 1.35. The number of fused-ring (bicyclic) bond motifs is 2. The minimum atomic E-state index is -0.293. The number of H-pyrrole nitrogens is 1. The van der Waals surface area contributed by atoms with Gasteiger partial charge in [-0.3, -0.25) is 0 Å². The highest BCUT2D eigenvalue weighted by atomic mass is 35.5. The molecule has 0 spiro atoms.